The molecule has 2 saturated heterocycles. The molecule has 0 aromatic rings. The van der Waals surface area contributed by atoms with E-state index in [0.717, 1.165) is 26.1 Å². The zero-order valence-corrected chi connectivity index (χ0v) is 9.37. The molecule has 2 unspecified atom stereocenters. The number of rotatable bonds is 3. The first-order chi connectivity index (χ1) is 7.25. The van der Waals surface area contributed by atoms with E-state index in [1.165, 1.54) is 12.8 Å². The molecule has 0 aliphatic carbocycles. The van der Waals surface area contributed by atoms with Gasteiger partial charge in [0.1, 0.15) is 0 Å². The molecule has 1 amide bonds. The van der Waals surface area contributed by atoms with Gasteiger partial charge in [-0.25, -0.2) is 0 Å². The maximum Gasteiger partial charge on any atom is 0.222 e. The molecule has 15 heavy (non-hydrogen) atoms. The van der Waals surface area contributed by atoms with E-state index in [0.29, 0.717) is 18.6 Å². The molecule has 2 rings (SSSR count). The number of likely N-dealkylation sites (N-methyl/N-ethyl adjacent to an activating group) is 1. The van der Waals surface area contributed by atoms with Crippen LogP contribution in [0.5, 0.6) is 0 Å². The fraction of sp³-hybridized carbons (Fsp3) is 0.909. The highest BCUT2D eigenvalue weighted by Crippen LogP contribution is 2.13. The van der Waals surface area contributed by atoms with Crippen molar-refractivity contribution in [3.8, 4) is 0 Å². The van der Waals surface area contributed by atoms with Gasteiger partial charge in [-0.2, -0.15) is 0 Å². The number of amides is 1. The lowest BCUT2D eigenvalue weighted by molar-refractivity contribution is -0.132. The normalized spacial score (nSPS) is 32.3. The molecule has 2 heterocycles. The first-order valence-corrected chi connectivity index (χ1v) is 5.84. The van der Waals surface area contributed by atoms with Crippen molar-refractivity contribution in [2.24, 2.45) is 0 Å². The zero-order chi connectivity index (χ0) is 10.7. The van der Waals surface area contributed by atoms with Crippen LogP contribution in [0.4, 0.5) is 0 Å². The van der Waals surface area contributed by atoms with Gasteiger partial charge < -0.3 is 15.0 Å². The van der Waals surface area contributed by atoms with E-state index in [9.17, 15) is 4.79 Å². The molecule has 4 nitrogen and oxygen atoms in total. The number of hydrogen-bond donors (Lipinski definition) is 1. The number of hydrogen-bond acceptors (Lipinski definition) is 3. The van der Waals surface area contributed by atoms with Gasteiger partial charge >= 0.3 is 0 Å². The van der Waals surface area contributed by atoms with Crippen LogP contribution >= 0.6 is 0 Å². The lowest BCUT2D eigenvalue weighted by Gasteiger charge is -2.30. The Morgan fingerprint density at radius 1 is 1.53 bits per heavy atom. The number of carbonyl (C=O) groups is 1. The molecule has 2 aliphatic rings. The second-order valence-corrected chi connectivity index (χ2v) is 4.55. The first kappa shape index (κ1) is 10.9. The Morgan fingerprint density at radius 2 is 2.40 bits per heavy atom. The Hall–Kier alpha value is -0.610. The summed E-state index contributed by atoms with van der Waals surface area (Å²) in [7, 11) is 1.88. The minimum Gasteiger partial charge on any atom is -0.377 e. The highest BCUT2D eigenvalue weighted by Gasteiger charge is 2.23. The summed E-state index contributed by atoms with van der Waals surface area (Å²) in [6.45, 7) is 2.69. The summed E-state index contributed by atoms with van der Waals surface area (Å²) < 4.78 is 5.55. The number of ether oxygens (including phenoxy) is 1. The van der Waals surface area contributed by atoms with Crippen LogP contribution in [0.3, 0.4) is 0 Å². The molecule has 0 radical (unpaired) electrons. The molecular weight excluding hydrogens is 192 g/mol. The monoisotopic (exact) mass is 212 g/mol. The average molecular weight is 212 g/mol. The van der Waals surface area contributed by atoms with Crippen LogP contribution in [0.25, 0.3) is 0 Å². The van der Waals surface area contributed by atoms with Gasteiger partial charge in [-0.3, -0.25) is 4.79 Å². The third-order valence-corrected chi connectivity index (χ3v) is 3.28. The summed E-state index contributed by atoms with van der Waals surface area (Å²) in [4.78, 5) is 13.1. The van der Waals surface area contributed by atoms with E-state index in [1.807, 2.05) is 11.9 Å². The SMILES string of the molecule is CN1CC(NCC2CCCO2)CCC1=O. The van der Waals surface area contributed by atoms with Crippen molar-refractivity contribution in [2.45, 2.75) is 37.8 Å². The second kappa shape index (κ2) is 4.94. The second-order valence-electron chi connectivity index (χ2n) is 4.55. The molecule has 0 aromatic heterocycles. The summed E-state index contributed by atoms with van der Waals surface area (Å²) in [5, 5.41) is 3.50. The minimum absolute atomic E-state index is 0.269. The minimum atomic E-state index is 0.269. The topological polar surface area (TPSA) is 41.6 Å². The van der Waals surface area contributed by atoms with Gasteiger partial charge in [0.05, 0.1) is 6.10 Å². The van der Waals surface area contributed by atoms with Gasteiger partial charge in [-0.1, -0.05) is 0 Å². The molecule has 4 heteroatoms. The van der Waals surface area contributed by atoms with Gasteiger partial charge in [0.2, 0.25) is 5.91 Å². The molecule has 86 valence electrons. The summed E-state index contributed by atoms with van der Waals surface area (Å²) in [6.07, 6.45) is 4.41. The van der Waals surface area contributed by atoms with E-state index in [1.54, 1.807) is 0 Å². The van der Waals surface area contributed by atoms with Crippen LogP contribution in [0.1, 0.15) is 25.7 Å². The zero-order valence-electron chi connectivity index (χ0n) is 9.37. The van der Waals surface area contributed by atoms with Crippen molar-refractivity contribution in [3.05, 3.63) is 0 Å². The summed E-state index contributed by atoms with van der Waals surface area (Å²) in [5.74, 6) is 0.269. The Kier molecular flexibility index (Phi) is 3.59. The number of likely N-dealkylation sites (tertiary alicyclic amines) is 1. The van der Waals surface area contributed by atoms with Gasteiger partial charge in [0.15, 0.2) is 0 Å². The molecule has 0 spiro atoms. The standard InChI is InChI=1S/C11H20N2O2/c1-13-8-9(4-5-11(13)14)12-7-10-3-2-6-15-10/h9-10,12H,2-8H2,1H3. The largest absolute Gasteiger partial charge is 0.377 e. The molecule has 1 N–H and O–H groups in total. The van der Waals surface area contributed by atoms with Gasteiger partial charge in [-0.15, -0.1) is 0 Å². The molecule has 0 bridgehead atoms. The van der Waals surface area contributed by atoms with Crippen molar-refractivity contribution in [2.75, 3.05) is 26.7 Å². The van der Waals surface area contributed by atoms with Crippen LogP contribution in [0.15, 0.2) is 0 Å². The van der Waals surface area contributed by atoms with Crippen molar-refractivity contribution in [3.63, 3.8) is 0 Å². The lowest BCUT2D eigenvalue weighted by Crippen LogP contribution is -2.48. The quantitative estimate of drug-likeness (QED) is 0.735. The van der Waals surface area contributed by atoms with E-state index in [2.05, 4.69) is 5.32 Å². The van der Waals surface area contributed by atoms with E-state index < -0.39 is 0 Å². The predicted octanol–water partition coefficient (Wildman–Crippen LogP) is 0.376. The molecular formula is C11H20N2O2. The van der Waals surface area contributed by atoms with Crippen molar-refractivity contribution in [1.29, 1.82) is 0 Å². The smallest absolute Gasteiger partial charge is 0.222 e. The number of nitrogens with zero attached hydrogens (tertiary/aromatic N) is 1. The lowest BCUT2D eigenvalue weighted by atomic mass is 10.1. The van der Waals surface area contributed by atoms with Crippen molar-refractivity contribution < 1.29 is 9.53 Å². The van der Waals surface area contributed by atoms with Gasteiger partial charge in [-0.05, 0) is 19.3 Å². The van der Waals surface area contributed by atoms with Crippen LogP contribution in [0, 0.1) is 0 Å². The van der Waals surface area contributed by atoms with Crippen LogP contribution in [-0.4, -0.2) is 49.7 Å². The molecule has 2 atom stereocenters. The van der Waals surface area contributed by atoms with Crippen LogP contribution in [0.2, 0.25) is 0 Å². The molecule has 0 saturated carbocycles. The van der Waals surface area contributed by atoms with E-state index >= 15 is 0 Å². The molecule has 0 aromatic carbocycles. The Bertz CT molecular complexity index is 227. The maximum absolute atomic E-state index is 11.3. The maximum atomic E-state index is 11.3. The third-order valence-electron chi connectivity index (χ3n) is 3.28. The summed E-state index contributed by atoms with van der Waals surface area (Å²) >= 11 is 0. The first-order valence-electron chi connectivity index (χ1n) is 5.84. The van der Waals surface area contributed by atoms with Crippen molar-refractivity contribution >= 4 is 5.91 Å². The van der Waals surface area contributed by atoms with Gasteiger partial charge in [0, 0.05) is 39.2 Å². The highest BCUT2D eigenvalue weighted by atomic mass is 16.5. The van der Waals surface area contributed by atoms with E-state index in [-0.39, 0.29) is 5.91 Å². The van der Waals surface area contributed by atoms with Crippen LogP contribution in [-0.2, 0) is 9.53 Å². The summed E-state index contributed by atoms with van der Waals surface area (Å²) in [6, 6.07) is 0.455. The number of piperidine rings is 1. The number of nitrogens with one attached hydrogen (secondary N) is 1. The Labute approximate surface area is 91.0 Å². The average Bonchev–Trinajstić information content (AvgIpc) is 2.73. The molecule has 2 aliphatic heterocycles. The van der Waals surface area contributed by atoms with E-state index in [4.69, 9.17) is 4.74 Å². The Balaban J connectivity index is 1.68. The van der Waals surface area contributed by atoms with Crippen LogP contribution < -0.4 is 5.32 Å². The van der Waals surface area contributed by atoms with Gasteiger partial charge in [0.25, 0.3) is 0 Å². The molecule has 2 fully saturated rings. The third kappa shape index (κ3) is 2.92. The number of carbonyl (C=O) groups excluding carboxylic acids is 1. The predicted molar refractivity (Wildman–Crippen MR) is 57.6 cm³/mol. The fourth-order valence-electron chi connectivity index (χ4n) is 2.28. The Morgan fingerprint density at radius 3 is 3.07 bits per heavy atom. The fourth-order valence-corrected chi connectivity index (χ4v) is 2.28. The summed E-state index contributed by atoms with van der Waals surface area (Å²) in [5.41, 5.74) is 0. The highest BCUT2D eigenvalue weighted by molar-refractivity contribution is 5.76. The van der Waals surface area contributed by atoms with Crippen molar-refractivity contribution in [1.82, 2.24) is 10.2 Å².